The summed E-state index contributed by atoms with van der Waals surface area (Å²) in [6.45, 7) is 6.33. The van der Waals surface area contributed by atoms with Crippen LogP contribution in [0.2, 0.25) is 0 Å². The van der Waals surface area contributed by atoms with Crippen LogP contribution in [0.1, 0.15) is 40.0 Å². The molecule has 0 heterocycles. The first-order valence-electron chi connectivity index (χ1n) is 4.10. The fourth-order valence-electron chi connectivity index (χ4n) is 1.71. The molecule has 1 fully saturated rings. The summed E-state index contributed by atoms with van der Waals surface area (Å²) >= 11 is 0. The maximum absolute atomic E-state index is 11.2. The summed E-state index contributed by atoms with van der Waals surface area (Å²) in [5.74, 6) is 0.828. The molecule has 1 aliphatic rings. The molecule has 1 unspecified atom stereocenters. The maximum Gasteiger partial charge on any atom is 0.136 e. The summed E-state index contributed by atoms with van der Waals surface area (Å²) in [7, 11) is 0. The lowest BCUT2D eigenvalue weighted by atomic mass is 9.60. The lowest BCUT2D eigenvalue weighted by Gasteiger charge is -2.43. The van der Waals surface area contributed by atoms with Gasteiger partial charge in [-0.15, -0.1) is 0 Å². The van der Waals surface area contributed by atoms with Crippen LogP contribution in [-0.2, 0) is 4.79 Å². The van der Waals surface area contributed by atoms with Crippen molar-refractivity contribution in [3.05, 3.63) is 0 Å². The van der Waals surface area contributed by atoms with E-state index in [-0.39, 0.29) is 0 Å². The van der Waals surface area contributed by atoms with Crippen molar-refractivity contribution in [2.24, 2.45) is 11.3 Å². The fourth-order valence-corrected chi connectivity index (χ4v) is 1.71. The van der Waals surface area contributed by atoms with Crippen LogP contribution in [0.4, 0.5) is 0 Å². The lowest BCUT2D eigenvalue weighted by molar-refractivity contribution is -0.131. The molecular formula is C9H16O. The highest BCUT2D eigenvalue weighted by atomic mass is 16.1. The SMILES string of the molecule is CCC(=O)C1CCC1(C)C. The molecule has 10 heavy (non-hydrogen) atoms. The second-order valence-corrected chi connectivity index (χ2v) is 3.90. The van der Waals surface area contributed by atoms with Gasteiger partial charge < -0.3 is 0 Å². The van der Waals surface area contributed by atoms with E-state index in [4.69, 9.17) is 0 Å². The van der Waals surface area contributed by atoms with Crippen LogP contribution in [0.15, 0.2) is 0 Å². The zero-order valence-corrected chi connectivity index (χ0v) is 7.11. The first kappa shape index (κ1) is 7.77. The van der Waals surface area contributed by atoms with E-state index in [1.54, 1.807) is 0 Å². The zero-order valence-electron chi connectivity index (χ0n) is 7.11. The van der Waals surface area contributed by atoms with Crippen molar-refractivity contribution in [3.8, 4) is 0 Å². The smallest absolute Gasteiger partial charge is 0.136 e. The van der Waals surface area contributed by atoms with Gasteiger partial charge in [0.05, 0.1) is 0 Å². The Morgan fingerprint density at radius 1 is 1.60 bits per heavy atom. The molecular weight excluding hydrogens is 124 g/mol. The summed E-state index contributed by atoms with van der Waals surface area (Å²) in [6.07, 6.45) is 3.07. The van der Waals surface area contributed by atoms with Crippen molar-refractivity contribution in [1.29, 1.82) is 0 Å². The number of hydrogen-bond acceptors (Lipinski definition) is 1. The molecule has 58 valence electrons. The number of Topliss-reactive ketones (excluding diaryl/α,β-unsaturated/α-hetero) is 1. The molecule has 0 amide bonds. The molecule has 1 atom stereocenters. The van der Waals surface area contributed by atoms with Crippen LogP contribution < -0.4 is 0 Å². The van der Waals surface area contributed by atoms with E-state index in [0.29, 0.717) is 23.5 Å². The monoisotopic (exact) mass is 140 g/mol. The molecule has 0 aromatic rings. The summed E-state index contributed by atoms with van der Waals surface area (Å²) in [6, 6.07) is 0. The second-order valence-electron chi connectivity index (χ2n) is 3.90. The minimum atomic E-state index is 0.313. The van der Waals surface area contributed by atoms with Crippen molar-refractivity contribution in [2.45, 2.75) is 40.0 Å². The Hall–Kier alpha value is -0.330. The van der Waals surface area contributed by atoms with E-state index in [9.17, 15) is 4.79 Å². The van der Waals surface area contributed by atoms with E-state index in [1.165, 1.54) is 6.42 Å². The van der Waals surface area contributed by atoms with E-state index in [1.807, 2.05) is 6.92 Å². The van der Waals surface area contributed by atoms with E-state index in [0.717, 1.165) is 6.42 Å². The van der Waals surface area contributed by atoms with Crippen LogP contribution in [0.5, 0.6) is 0 Å². The van der Waals surface area contributed by atoms with Gasteiger partial charge in [-0.25, -0.2) is 0 Å². The second kappa shape index (κ2) is 2.37. The predicted octanol–water partition coefficient (Wildman–Crippen LogP) is 2.40. The Morgan fingerprint density at radius 3 is 2.30 bits per heavy atom. The molecule has 1 heteroatoms. The molecule has 0 spiro atoms. The predicted molar refractivity (Wildman–Crippen MR) is 41.8 cm³/mol. The van der Waals surface area contributed by atoms with Crippen molar-refractivity contribution >= 4 is 5.78 Å². The zero-order chi connectivity index (χ0) is 7.78. The highest BCUT2D eigenvalue weighted by Gasteiger charge is 2.41. The molecule has 1 aliphatic carbocycles. The third-order valence-electron chi connectivity index (χ3n) is 2.76. The molecule has 1 nitrogen and oxygen atoms in total. The van der Waals surface area contributed by atoms with E-state index < -0.39 is 0 Å². The topological polar surface area (TPSA) is 17.1 Å². The molecule has 1 rings (SSSR count). The largest absolute Gasteiger partial charge is 0.299 e. The molecule has 0 aromatic carbocycles. The van der Waals surface area contributed by atoms with Gasteiger partial charge in [-0.1, -0.05) is 20.8 Å². The summed E-state index contributed by atoms with van der Waals surface area (Å²) in [5.41, 5.74) is 0.313. The van der Waals surface area contributed by atoms with Gasteiger partial charge >= 0.3 is 0 Å². The minimum Gasteiger partial charge on any atom is -0.299 e. The number of rotatable bonds is 2. The lowest BCUT2D eigenvalue weighted by Crippen LogP contribution is -2.39. The van der Waals surface area contributed by atoms with Gasteiger partial charge in [-0.05, 0) is 18.3 Å². The summed E-state index contributed by atoms with van der Waals surface area (Å²) in [5, 5.41) is 0. The Morgan fingerprint density at radius 2 is 2.20 bits per heavy atom. The third-order valence-corrected chi connectivity index (χ3v) is 2.76. The van der Waals surface area contributed by atoms with Crippen LogP contribution in [0.25, 0.3) is 0 Å². The minimum absolute atomic E-state index is 0.313. The normalized spacial score (nSPS) is 29.3. The number of carbonyl (C=O) groups is 1. The molecule has 0 aliphatic heterocycles. The van der Waals surface area contributed by atoms with E-state index in [2.05, 4.69) is 13.8 Å². The van der Waals surface area contributed by atoms with Gasteiger partial charge in [0, 0.05) is 12.3 Å². The molecule has 0 aromatic heterocycles. The molecule has 1 saturated carbocycles. The van der Waals surface area contributed by atoms with Crippen molar-refractivity contribution < 1.29 is 4.79 Å². The summed E-state index contributed by atoms with van der Waals surface area (Å²) in [4.78, 5) is 11.2. The molecule has 0 saturated heterocycles. The van der Waals surface area contributed by atoms with Gasteiger partial charge in [-0.2, -0.15) is 0 Å². The third kappa shape index (κ3) is 1.09. The number of hydrogen-bond donors (Lipinski definition) is 0. The van der Waals surface area contributed by atoms with E-state index >= 15 is 0 Å². The van der Waals surface area contributed by atoms with Crippen LogP contribution in [0, 0.1) is 11.3 Å². The maximum atomic E-state index is 11.2. The average molecular weight is 140 g/mol. The highest BCUT2D eigenvalue weighted by molar-refractivity contribution is 5.82. The van der Waals surface area contributed by atoms with Crippen LogP contribution in [-0.4, -0.2) is 5.78 Å². The number of ketones is 1. The standard InChI is InChI=1S/C9H16O/c1-4-8(10)7-5-6-9(7,2)3/h7H,4-6H2,1-3H3. The van der Waals surface area contributed by atoms with Gasteiger partial charge in [0.25, 0.3) is 0 Å². The first-order chi connectivity index (χ1) is 4.58. The average Bonchev–Trinajstić information content (AvgIpc) is 1.86. The Kier molecular flexibility index (Phi) is 1.84. The molecule has 0 N–H and O–H groups in total. The Labute approximate surface area is 62.8 Å². The summed E-state index contributed by atoms with van der Waals surface area (Å²) < 4.78 is 0. The molecule has 0 bridgehead atoms. The highest BCUT2D eigenvalue weighted by Crippen LogP contribution is 2.46. The number of carbonyl (C=O) groups excluding carboxylic acids is 1. The van der Waals surface area contributed by atoms with Crippen molar-refractivity contribution in [3.63, 3.8) is 0 Å². The van der Waals surface area contributed by atoms with Crippen LogP contribution >= 0.6 is 0 Å². The fraction of sp³-hybridized carbons (Fsp3) is 0.889. The van der Waals surface area contributed by atoms with Crippen molar-refractivity contribution in [1.82, 2.24) is 0 Å². The van der Waals surface area contributed by atoms with Crippen molar-refractivity contribution in [2.75, 3.05) is 0 Å². The van der Waals surface area contributed by atoms with Gasteiger partial charge in [-0.3, -0.25) is 4.79 Å². The first-order valence-corrected chi connectivity index (χ1v) is 4.10. The quantitative estimate of drug-likeness (QED) is 0.575. The molecule has 0 radical (unpaired) electrons. The van der Waals surface area contributed by atoms with Gasteiger partial charge in [0.15, 0.2) is 0 Å². The van der Waals surface area contributed by atoms with Crippen LogP contribution in [0.3, 0.4) is 0 Å². The Bertz CT molecular complexity index is 147. The Balaban J connectivity index is 2.51. The van der Waals surface area contributed by atoms with Gasteiger partial charge in [0.2, 0.25) is 0 Å². The van der Waals surface area contributed by atoms with Gasteiger partial charge in [0.1, 0.15) is 5.78 Å².